The van der Waals surface area contributed by atoms with Gasteiger partial charge in [-0.15, -0.1) is 13.2 Å². The number of likely N-dealkylation sites (tertiary alicyclic amines) is 1. The molecule has 7 heteroatoms. The lowest BCUT2D eigenvalue weighted by Gasteiger charge is -2.26. The van der Waals surface area contributed by atoms with Crippen LogP contribution in [0.5, 0.6) is 0 Å². The third-order valence-corrected chi connectivity index (χ3v) is 7.17. The minimum Gasteiger partial charge on any atom is -0.463 e. The lowest BCUT2D eigenvalue weighted by molar-refractivity contribution is -0.150. The third-order valence-electron chi connectivity index (χ3n) is 7.17. The first-order chi connectivity index (χ1) is 19.0. The van der Waals surface area contributed by atoms with Gasteiger partial charge in [0.05, 0.1) is 30.5 Å². The van der Waals surface area contributed by atoms with Crippen LogP contribution in [0.15, 0.2) is 86.0 Å². The number of allylic oxidation sites excluding steroid dienone is 2. The second-order valence-corrected chi connectivity index (χ2v) is 10.0. The van der Waals surface area contributed by atoms with Crippen molar-refractivity contribution in [3.05, 3.63) is 97.1 Å². The number of aliphatic hydroxyl groups is 1. The van der Waals surface area contributed by atoms with Crippen LogP contribution in [-0.2, 0) is 25.5 Å². The van der Waals surface area contributed by atoms with Gasteiger partial charge in [-0.25, -0.2) is 0 Å². The van der Waals surface area contributed by atoms with Crippen LogP contribution in [0.25, 0.3) is 0 Å². The largest absolute Gasteiger partial charge is 0.463 e. The Bertz CT molecular complexity index is 1090. The molecular formula is C32H40N2O5. The van der Waals surface area contributed by atoms with Gasteiger partial charge in [0, 0.05) is 13.0 Å². The summed E-state index contributed by atoms with van der Waals surface area (Å²) in [6.45, 7) is 8.02. The lowest BCUT2D eigenvalue weighted by atomic mass is 9.96. The zero-order valence-corrected chi connectivity index (χ0v) is 22.5. The third kappa shape index (κ3) is 8.93. The summed E-state index contributed by atoms with van der Waals surface area (Å²) in [5, 5.41) is 12.6. The average molecular weight is 533 g/mol. The Morgan fingerprint density at radius 1 is 1.00 bits per heavy atom. The topological polar surface area (TPSA) is 95.9 Å². The Labute approximate surface area is 231 Å². The fourth-order valence-electron chi connectivity index (χ4n) is 5.01. The quantitative estimate of drug-likeness (QED) is 0.262. The number of ether oxygens (including phenoxy) is 1. The highest BCUT2D eigenvalue weighted by Crippen LogP contribution is 2.23. The van der Waals surface area contributed by atoms with Gasteiger partial charge in [0.1, 0.15) is 6.61 Å². The Morgan fingerprint density at radius 3 is 2.28 bits per heavy atom. The van der Waals surface area contributed by atoms with Crippen molar-refractivity contribution in [1.29, 1.82) is 0 Å². The number of benzene rings is 2. The maximum Gasteiger partial charge on any atom is 0.309 e. The van der Waals surface area contributed by atoms with Crippen molar-refractivity contribution in [3.8, 4) is 0 Å². The van der Waals surface area contributed by atoms with E-state index in [1.54, 1.807) is 17.1 Å². The summed E-state index contributed by atoms with van der Waals surface area (Å²) < 4.78 is 5.75. The van der Waals surface area contributed by atoms with Gasteiger partial charge < -0.3 is 20.1 Å². The molecule has 2 aromatic carbocycles. The van der Waals surface area contributed by atoms with Gasteiger partial charge in [0.25, 0.3) is 0 Å². The van der Waals surface area contributed by atoms with E-state index in [1.807, 2.05) is 60.7 Å². The molecule has 1 fully saturated rings. The molecule has 2 aromatic rings. The van der Waals surface area contributed by atoms with E-state index in [1.165, 1.54) is 0 Å². The highest BCUT2D eigenvalue weighted by Gasteiger charge is 2.32. The SMILES string of the molecule is C=CC[C@@H](CC(=O)N1CCC[C@H]1CO)C(=O)N[C@@H](COC(=O)[C@H](CC=C)Cc1ccccc1)c1ccccc1. The average Bonchev–Trinajstić information content (AvgIpc) is 3.45. The number of esters is 1. The zero-order valence-electron chi connectivity index (χ0n) is 22.5. The Balaban J connectivity index is 1.69. The molecule has 1 heterocycles. The lowest BCUT2D eigenvalue weighted by Crippen LogP contribution is -2.42. The van der Waals surface area contributed by atoms with E-state index >= 15 is 0 Å². The summed E-state index contributed by atoms with van der Waals surface area (Å²) in [4.78, 5) is 41.1. The van der Waals surface area contributed by atoms with Crippen LogP contribution in [0, 0.1) is 11.8 Å². The number of nitrogens with one attached hydrogen (secondary N) is 1. The summed E-state index contributed by atoms with van der Waals surface area (Å²) in [6, 6.07) is 18.3. The van der Waals surface area contributed by atoms with E-state index in [9.17, 15) is 19.5 Å². The van der Waals surface area contributed by atoms with E-state index in [2.05, 4.69) is 18.5 Å². The molecule has 0 spiro atoms. The van der Waals surface area contributed by atoms with Crippen LogP contribution in [0.2, 0.25) is 0 Å². The molecule has 0 saturated carbocycles. The van der Waals surface area contributed by atoms with E-state index in [0.717, 1.165) is 24.0 Å². The number of carbonyl (C=O) groups is 3. The standard InChI is InChI=1S/C32H40N2O5/c1-3-12-26(21-30(36)34-19-11-18-28(34)22-35)31(37)33-29(25-16-9-6-10-17-25)23-39-32(38)27(13-4-2)20-24-14-7-5-8-15-24/h3-10,14-17,26-29,35H,1-2,11-13,18-23H2,(H,33,37)/t26-,27+,28-,29-/m0/s1. The number of hydrogen-bond donors (Lipinski definition) is 2. The fraction of sp³-hybridized carbons (Fsp3) is 0.406. The predicted octanol–water partition coefficient (Wildman–Crippen LogP) is 4.39. The van der Waals surface area contributed by atoms with Gasteiger partial charge in [0.2, 0.25) is 11.8 Å². The first-order valence-electron chi connectivity index (χ1n) is 13.6. The fourth-order valence-corrected chi connectivity index (χ4v) is 5.01. The molecule has 1 saturated heterocycles. The summed E-state index contributed by atoms with van der Waals surface area (Å²) in [5.41, 5.74) is 1.83. The first kappa shape index (κ1) is 29.8. The van der Waals surface area contributed by atoms with Crippen molar-refractivity contribution >= 4 is 17.8 Å². The summed E-state index contributed by atoms with van der Waals surface area (Å²) in [7, 11) is 0. The van der Waals surface area contributed by atoms with E-state index in [0.29, 0.717) is 25.8 Å². The first-order valence-corrected chi connectivity index (χ1v) is 13.6. The summed E-state index contributed by atoms with van der Waals surface area (Å²) in [5.74, 6) is -1.81. The second kappa shape index (κ2) is 15.6. The van der Waals surface area contributed by atoms with Gasteiger partial charge in [-0.1, -0.05) is 72.8 Å². The van der Waals surface area contributed by atoms with E-state index < -0.39 is 12.0 Å². The molecule has 0 aromatic heterocycles. The molecule has 2 amide bonds. The Morgan fingerprint density at radius 2 is 1.64 bits per heavy atom. The number of hydrogen-bond acceptors (Lipinski definition) is 5. The number of nitrogens with zero attached hydrogens (tertiary/aromatic N) is 1. The molecule has 1 aliphatic heterocycles. The smallest absolute Gasteiger partial charge is 0.309 e. The Kier molecular flexibility index (Phi) is 12.0. The number of rotatable bonds is 15. The minimum atomic E-state index is -0.622. The molecule has 0 unspecified atom stereocenters. The normalized spacial score (nSPS) is 17.1. The molecule has 208 valence electrons. The van der Waals surface area contributed by atoms with Crippen LogP contribution in [-0.4, -0.2) is 53.6 Å². The monoisotopic (exact) mass is 532 g/mol. The van der Waals surface area contributed by atoms with Gasteiger partial charge in [-0.05, 0) is 43.2 Å². The van der Waals surface area contributed by atoms with Crippen molar-refractivity contribution in [1.82, 2.24) is 10.2 Å². The predicted molar refractivity (Wildman–Crippen MR) is 151 cm³/mol. The highest BCUT2D eigenvalue weighted by molar-refractivity contribution is 5.86. The molecule has 7 nitrogen and oxygen atoms in total. The molecule has 4 atom stereocenters. The summed E-state index contributed by atoms with van der Waals surface area (Å²) >= 11 is 0. The molecule has 0 aliphatic carbocycles. The van der Waals surface area contributed by atoms with Crippen LogP contribution < -0.4 is 5.32 Å². The van der Waals surface area contributed by atoms with Gasteiger partial charge in [-0.3, -0.25) is 14.4 Å². The summed E-state index contributed by atoms with van der Waals surface area (Å²) in [6.07, 6.45) is 6.31. The number of aliphatic hydroxyl groups excluding tert-OH is 1. The van der Waals surface area contributed by atoms with Crippen LogP contribution in [0.3, 0.4) is 0 Å². The van der Waals surface area contributed by atoms with E-state index in [4.69, 9.17) is 4.74 Å². The molecule has 3 rings (SSSR count). The zero-order chi connectivity index (χ0) is 28.0. The van der Waals surface area contributed by atoms with Crippen molar-refractivity contribution in [2.75, 3.05) is 19.8 Å². The van der Waals surface area contributed by atoms with Gasteiger partial charge >= 0.3 is 5.97 Å². The number of amides is 2. The molecule has 39 heavy (non-hydrogen) atoms. The van der Waals surface area contributed by atoms with Crippen molar-refractivity contribution < 1.29 is 24.2 Å². The van der Waals surface area contributed by atoms with Gasteiger partial charge in [-0.2, -0.15) is 0 Å². The van der Waals surface area contributed by atoms with Crippen LogP contribution in [0.1, 0.15) is 49.3 Å². The van der Waals surface area contributed by atoms with Crippen LogP contribution >= 0.6 is 0 Å². The molecule has 0 bridgehead atoms. The van der Waals surface area contributed by atoms with Crippen molar-refractivity contribution in [2.24, 2.45) is 11.8 Å². The molecule has 0 radical (unpaired) electrons. The van der Waals surface area contributed by atoms with E-state index in [-0.39, 0.29) is 49.4 Å². The second-order valence-electron chi connectivity index (χ2n) is 10.0. The maximum absolute atomic E-state index is 13.4. The number of carbonyl (C=O) groups excluding carboxylic acids is 3. The van der Waals surface area contributed by atoms with Crippen LogP contribution in [0.4, 0.5) is 0 Å². The molecule has 2 N–H and O–H groups in total. The molecule has 1 aliphatic rings. The van der Waals surface area contributed by atoms with Crippen molar-refractivity contribution in [2.45, 2.75) is 50.6 Å². The molecular weight excluding hydrogens is 492 g/mol. The van der Waals surface area contributed by atoms with Gasteiger partial charge in [0.15, 0.2) is 0 Å². The van der Waals surface area contributed by atoms with Crippen molar-refractivity contribution in [3.63, 3.8) is 0 Å². The minimum absolute atomic E-state index is 0.0220. The maximum atomic E-state index is 13.4. The Hall–Kier alpha value is -3.71. The highest BCUT2D eigenvalue weighted by atomic mass is 16.5.